The molecule has 18 heteroatoms. The Morgan fingerprint density at radius 1 is 1.00 bits per heavy atom. The largest absolute Gasteiger partial charge is 0.497 e. The normalized spacial score (nSPS) is 20.4. The maximum Gasteiger partial charge on any atom is 0.408 e. The Bertz CT molecular complexity index is 2520. The van der Waals surface area contributed by atoms with E-state index in [1.165, 1.54) is 11.0 Å². The zero-order valence-corrected chi connectivity index (χ0v) is 36.3. The average molecular weight is 871 g/mol. The molecule has 2 heterocycles. The van der Waals surface area contributed by atoms with Crippen LogP contribution >= 0.6 is 0 Å². The zero-order valence-electron chi connectivity index (χ0n) is 35.5. The van der Waals surface area contributed by atoms with Crippen molar-refractivity contribution in [1.82, 2.24) is 25.2 Å². The molecule has 1 aromatic heterocycles. The quantitative estimate of drug-likeness (QED) is 0.0839. The molecule has 3 N–H and O–H groups in total. The third-order valence-corrected chi connectivity index (χ3v) is 11.9. The van der Waals surface area contributed by atoms with Crippen LogP contribution in [0.15, 0.2) is 96.4 Å². The van der Waals surface area contributed by atoms with Crippen LogP contribution in [0.3, 0.4) is 0 Å². The number of nitrogens with one attached hydrogen (secondary N) is 3. The highest BCUT2D eigenvalue weighted by Gasteiger charge is 2.61. The van der Waals surface area contributed by atoms with Gasteiger partial charge in [0, 0.05) is 47.6 Å². The second-order valence-electron chi connectivity index (χ2n) is 17.4. The molecule has 2 aliphatic rings. The minimum absolute atomic E-state index is 0.00993. The number of amides is 4. The van der Waals surface area contributed by atoms with Gasteiger partial charge in [-0.2, -0.15) is 0 Å². The lowest BCUT2D eigenvalue weighted by Crippen LogP contribution is -2.60. The number of nitro benzene ring substituents is 1. The molecule has 0 bridgehead atoms. The molecule has 328 valence electrons. The van der Waals surface area contributed by atoms with Crippen molar-refractivity contribution < 1.29 is 46.7 Å². The fourth-order valence-electron chi connectivity index (χ4n) is 7.31. The monoisotopic (exact) mass is 870 g/mol. The van der Waals surface area contributed by atoms with Gasteiger partial charge in [0.1, 0.15) is 40.8 Å². The second kappa shape index (κ2) is 17.1. The average Bonchev–Trinajstić information content (AvgIpc) is 3.77. The van der Waals surface area contributed by atoms with Crippen molar-refractivity contribution in [3.05, 3.63) is 102 Å². The van der Waals surface area contributed by atoms with Crippen molar-refractivity contribution in [2.75, 3.05) is 13.7 Å². The lowest BCUT2D eigenvalue weighted by Gasteiger charge is -2.36. The Hall–Kier alpha value is -6.56. The molecule has 5 unspecified atom stereocenters. The van der Waals surface area contributed by atoms with Crippen LogP contribution in [0.2, 0.25) is 0 Å². The topological polar surface area (TPSA) is 225 Å². The first-order chi connectivity index (χ1) is 29.0. The lowest BCUT2D eigenvalue weighted by molar-refractivity contribution is -0.384. The third kappa shape index (κ3) is 9.80. The van der Waals surface area contributed by atoms with Crippen LogP contribution in [-0.4, -0.2) is 90.0 Å². The van der Waals surface area contributed by atoms with Gasteiger partial charge in [0.15, 0.2) is 0 Å². The van der Waals surface area contributed by atoms with Crippen LogP contribution < -0.4 is 24.8 Å². The lowest BCUT2D eigenvalue weighted by atomic mass is 9.85. The second-order valence-corrected chi connectivity index (χ2v) is 19.1. The Morgan fingerprint density at radius 2 is 1.68 bits per heavy atom. The summed E-state index contributed by atoms with van der Waals surface area (Å²) in [5.74, 6) is -2.18. The van der Waals surface area contributed by atoms with Crippen molar-refractivity contribution in [2.45, 2.75) is 88.6 Å². The summed E-state index contributed by atoms with van der Waals surface area (Å²) < 4.78 is 46.3. The van der Waals surface area contributed by atoms with Crippen LogP contribution in [0, 0.1) is 21.4 Å². The van der Waals surface area contributed by atoms with E-state index in [1.807, 2.05) is 35.1 Å². The number of fused-ring (bicyclic) bond motifs is 1. The summed E-state index contributed by atoms with van der Waals surface area (Å²) in [6, 6.07) is 18.0. The number of sulfonamides is 1. The number of carbonyl (C=O) groups excluding carboxylic acids is 4. The van der Waals surface area contributed by atoms with Gasteiger partial charge in [-0.3, -0.25) is 24.5 Å². The van der Waals surface area contributed by atoms with E-state index in [0.29, 0.717) is 28.1 Å². The number of ether oxygens (including phenoxy) is 3. The van der Waals surface area contributed by atoms with Gasteiger partial charge in [-0.25, -0.2) is 22.9 Å². The highest BCUT2D eigenvalue weighted by atomic mass is 32.2. The van der Waals surface area contributed by atoms with Crippen molar-refractivity contribution in [3.63, 3.8) is 0 Å². The Balaban J connectivity index is 1.34. The maximum absolute atomic E-state index is 14.8. The number of hydrogen-bond acceptors (Lipinski definition) is 12. The summed E-state index contributed by atoms with van der Waals surface area (Å²) in [6.45, 7) is 13.9. The summed E-state index contributed by atoms with van der Waals surface area (Å²) in [7, 11) is -3.01. The fraction of sp³-hybridized carbons (Fsp3) is 0.386. The number of pyridine rings is 1. The van der Waals surface area contributed by atoms with E-state index in [-0.39, 0.29) is 25.1 Å². The summed E-state index contributed by atoms with van der Waals surface area (Å²) in [5, 5.41) is 17.2. The van der Waals surface area contributed by atoms with Crippen molar-refractivity contribution in [1.29, 1.82) is 0 Å². The molecule has 0 radical (unpaired) electrons. The van der Waals surface area contributed by atoms with Crippen LogP contribution in [0.5, 0.6) is 11.5 Å². The van der Waals surface area contributed by atoms with Gasteiger partial charge in [-0.05, 0) is 56.9 Å². The predicted molar refractivity (Wildman–Crippen MR) is 228 cm³/mol. The van der Waals surface area contributed by atoms with Crippen molar-refractivity contribution in [3.8, 4) is 22.8 Å². The molecule has 5 atom stereocenters. The number of nitro groups is 1. The minimum Gasteiger partial charge on any atom is -0.497 e. The number of likely N-dealkylation sites (tertiary alicyclic amines) is 1. The number of alkyl carbamates (subject to hydrolysis) is 1. The van der Waals surface area contributed by atoms with Crippen LogP contribution in [0.1, 0.15) is 54.4 Å². The third-order valence-electron chi connectivity index (χ3n) is 10.6. The van der Waals surface area contributed by atoms with E-state index in [9.17, 15) is 37.7 Å². The number of nitrogens with zero attached hydrogens (tertiary/aromatic N) is 3. The van der Waals surface area contributed by atoms with E-state index < -0.39 is 84.3 Å². The molecular formula is C44H50N6O11S. The number of hydrogen-bond donors (Lipinski definition) is 3. The number of methoxy groups -OCH3 is 1. The molecule has 3 aromatic carbocycles. The summed E-state index contributed by atoms with van der Waals surface area (Å²) in [5.41, 5.74) is -1.93. The number of non-ortho nitro benzene ring substituents is 1. The maximum atomic E-state index is 14.8. The number of carbonyl (C=O) groups is 4. The Kier molecular flexibility index (Phi) is 12.4. The molecule has 1 aliphatic heterocycles. The first-order valence-electron chi connectivity index (χ1n) is 19.8. The minimum atomic E-state index is -4.55. The number of aromatic nitrogens is 1. The summed E-state index contributed by atoms with van der Waals surface area (Å²) in [4.78, 5) is 72.5. The van der Waals surface area contributed by atoms with E-state index in [2.05, 4.69) is 17.2 Å². The van der Waals surface area contributed by atoms with Gasteiger partial charge in [-0.1, -0.05) is 57.2 Å². The number of benzene rings is 3. The van der Waals surface area contributed by atoms with Gasteiger partial charge in [0.2, 0.25) is 11.8 Å². The molecule has 1 saturated carbocycles. The molecule has 0 spiro atoms. The molecule has 6 rings (SSSR count). The van der Waals surface area contributed by atoms with Gasteiger partial charge in [0.25, 0.3) is 21.6 Å². The fourth-order valence-corrected chi connectivity index (χ4v) is 8.35. The highest BCUT2D eigenvalue weighted by Crippen LogP contribution is 2.45. The van der Waals surface area contributed by atoms with Crippen LogP contribution in [0.4, 0.5) is 10.5 Å². The molecule has 1 saturated heterocycles. The predicted octanol–water partition coefficient (Wildman–Crippen LogP) is 5.67. The van der Waals surface area contributed by atoms with Gasteiger partial charge in [0.05, 0.1) is 34.7 Å². The molecule has 4 aromatic rings. The highest BCUT2D eigenvalue weighted by molar-refractivity contribution is 7.90. The van der Waals surface area contributed by atoms with Crippen LogP contribution in [-0.2, 0) is 29.1 Å². The van der Waals surface area contributed by atoms with Gasteiger partial charge < -0.3 is 29.7 Å². The van der Waals surface area contributed by atoms with E-state index in [4.69, 9.17) is 19.2 Å². The van der Waals surface area contributed by atoms with Gasteiger partial charge in [-0.15, -0.1) is 6.58 Å². The van der Waals surface area contributed by atoms with E-state index >= 15 is 0 Å². The summed E-state index contributed by atoms with van der Waals surface area (Å²) >= 11 is 0. The Labute approximate surface area is 359 Å². The van der Waals surface area contributed by atoms with Crippen molar-refractivity contribution >= 4 is 50.4 Å². The van der Waals surface area contributed by atoms with Gasteiger partial charge >= 0.3 is 6.09 Å². The standard InChI is InChI=1S/C44H50N6O11S/c1-9-27-24-44(27,40(53)48-62(57,58)31-18-15-28(16-19-31)50(55)56)47-38(51)35-22-30(25-49(35)39(52)37(42(2,3)4)46-41(54)61-43(5,6)7)60-36-23-33(26-13-11-10-12-14-26)45-34-21-29(59-8)17-20-32(34)36/h9-21,23,27,30,35,37H,1,22,24-25H2,2-8H3,(H,46,54)(H,47,51)(H,48,53). The van der Waals surface area contributed by atoms with E-state index in [0.717, 1.165) is 29.8 Å². The van der Waals surface area contributed by atoms with Crippen LogP contribution in [0.25, 0.3) is 22.2 Å². The smallest absolute Gasteiger partial charge is 0.408 e. The zero-order chi connectivity index (χ0) is 45.4. The molecule has 1 aliphatic carbocycles. The number of rotatable bonds is 13. The SMILES string of the molecule is C=CC1CC1(NC(=O)C1CC(Oc2cc(-c3ccccc3)nc3cc(OC)ccc23)CN1C(=O)C(NC(=O)OC(C)(C)C)C(C)(C)C)C(=O)NS(=O)(=O)c1ccc([N+](=O)[O-])cc1. The first-order valence-corrected chi connectivity index (χ1v) is 21.3. The van der Waals surface area contributed by atoms with Crippen molar-refractivity contribution in [2.24, 2.45) is 11.3 Å². The molecule has 2 fully saturated rings. The summed E-state index contributed by atoms with van der Waals surface area (Å²) in [6.07, 6.45) is -0.323. The molecule has 62 heavy (non-hydrogen) atoms. The van der Waals surface area contributed by atoms with E-state index in [1.54, 1.807) is 72.9 Å². The molecule has 4 amide bonds. The molecule has 17 nitrogen and oxygen atoms in total. The molecular weight excluding hydrogens is 821 g/mol. The first kappa shape index (κ1) is 45.0. The Morgan fingerprint density at radius 3 is 2.26 bits per heavy atom.